The van der Waals surface area contributed by atoms with E-state index in [0.29, 0.717) is 22.1 Å². The Morgan fingerprint density at radius 2 is 2.03 bits per heavy atom. The molecule has 4 aromatic rings. The van der Waals surface area contributed by atoms with Crippen LogP contribution in [0, 0.1) is 0 Å². The first kappa shape index (κ1) is 18.5. The van der Waals surface area contributed by atoms with Crippen LogP contribution in [-0.2, 0) is 0 Å². The highest BCUT2D eigenvalue weighted by atomic mass is 19.3. The number of carbonyl (C=O) groups is 1. The van der Waals surface area contributed by atoms with Crippen LogP contribution in [0.1, 0.15) is 16.8 Å². The Bertz CT molecular complexity index is 1240. The van der Waals surface area contributed by atoms with Gasteiger partial charge in [0.1, 0.15) is 5.65 Å². The van der Waals surface area contributed by atoms with E-state index in [0.717, 1.165) is 5.39 Å². The van der Waals surface area contributed by atoms with Crippen LogP contribution in [0.5, 0.6) is 5.88 Å². The molecule has 1 amide bonds. The quantitative estimate of drug-likeness (QED) is 0.555. The number of benzene rings is 1. The van der Waals surface area contributed by atoms with Crippen LogP contribution in [0.2, 0.25) is 0 Å². The molecule has 1 N–H and O–H groups in total. The largest absolute Gasteiger partial charge is 0.466 e. The number of likely N-dealkylation sites (tertiary alicyclic amines) is 1. The normalized spacial score (nSPS) is 18.6. The third kappa shape index (κ3) is 3.24. The van der Waals surface area contributed by atoms with Crippen LogP contribution >= 0.6 is 0 Å². The molecule has 152 valence electrons. The number of fused-ring (bicyclic) bond motifs is 2. The topological polar surface area (TPSA) is 71.1 Å². The lowest BCUT2D eigenvalue weighted by Crippen LogP contribution is -2.55. The van der Waals surface area contributed by atoms with Crippen molar-refractivity contribution in [1.29, 1.82) is 0 Å². The third-order valence-electron chi connectivity index (χ3n) is 5.38. The number of carbonyl (C=O) groups excluding carboxylic acids is 1. The number of aromatic nitrogens is 3. The van der Waals surface area contributed by atoms with Gasteiger partial charge in [0.05, 0.1) is 17.6 Å². The van der Waals surface area contributed by atoms with E-state index < -0.39 is 18.4 Å². The Labute approximate surface area is 170 Å². The molecule has 1 saturated heterocycles. The van der Waals surface area contributed by atoms with E-state index in [1.54, 1.807) is 42.7 Å². The molecular weight excluding hydrogens is 390 g/mol. The van der Waals surface area contributed by atoms with E-state index in [9.17, 15) is 13.6 Å². The summed E-state index contributed by atoms with van der Waals surface area (Å²) in [7, 11) is 0. The molecular formula is C22H18F2N4O2. The lowest BCUT2D eigenvalue weighted by Gasteiger charge is -2.37. The number of H-pyrrole nitrogens is 1. The minimum absolute atomic E-state index is 0.0518. The second-order valence-electron chi connectivity index (χ2n) is 7.31. The van der Waals surface area contributed by atoms with E-state index in [2.05, 4.69) is 15.0 Å². The van der Waals surface area contributed by atoms with Gasteiger partial charge in [-0.15, -0.1) is 0 Å². The zero-order valence-corrected chi connectivity index (χ0v) is 15.9. The molecule has 1 fully saturated rings. The summed E-state index contributed by atoms with van der Waals surface area (Å²) in [6.45, 7) is -0.281. The monoisotopic (exact) mass is 408 g/mol. The van der Waals surface area contributed by atoms with Gasteiger partial charge in [-0.3, -0.25) is 4.79 Å². The van der Waals surface area contributed by atoms with Gasteiger partial charge in [0.25, 0.3) is 11.8 Å². The Balaban J connectivity index is 1.39. The molecule has 1 aliphatic rings. The van der Waals surface area contributed by atoms with Crippen LogP contribution in [0.3, 0.4) is 0 Å². The number of nitrogens with zero attached hydrogens (tertiary/aromatic N) is 3. The molecule has 0 aliphatic carbocycles. The molecule has 0 unspecified atom stereocenters. The van der Waals surface area contributed by atoms with Crippen molar-refractivity contribution in [2.45, 2.75) is 18.4 Å². The Morgan fingerprint density at radius 3 is 2.93 bits per heavy atom. The van der Waals surface area contributed by atoms with Gasteiger partial charge in [-0.1, -0.05) is 18.2 Å². The Hall–Kier alpha value is -3.55. The number of nitrogens with one attached hydrogen (secondary N) is 1. The van der Waals surface area contributed by atoms with Crippen molar-refractivity contribution in [2.75, 3.05) is 13.1 Å². The molecule has 1 atom stereocenters. The molecule has 1 aromatic carbocycles. The van der Waals surface area contributed by atoms with Crippen LogP contribution in [0.4, 0.5) is 8.78 Å². The average molecular weight is 408 g/mol. The first-order chi connectivity index (χ1) is 14.5. The van der Waals surface area contributed by atoms with E-state index in [-0.39, 0.29) is 24.9 Å². The number of para-hydroxylation sites is 1. The SMILES string of the molecule is O=C(c1c[nH]c2ncccc12)N1CCC(F)(F)[C@@H](Oc2ccc3ccccc3n2)C1. The number of amides is 1. The minimum atomic E-state index is -3.06. The van der Waals surface area contributed by atoms with Gasteiger partial charge < -0.3 is 14.6 Å². The smallest absolute Gasteiger partial charge is 0.287 e. The number of hydrogen-bond acceptors (Lipinski definition) is 4. The number of halogens is 2. The zero-order valence-electron chi connectivity index (χ0n) is 15.9. The van der Waals surface area contributed by atoms with E-state index in [1.807, 2.05) is 18.2 Å². The minimum Gasteiger partial charge on any atom is -0.466 e. The summed E-state index contributed by atoms with van der Waals surface area (Å²) in [6, 6.07) is 14.2. The standard InChI is InChI=1S/C22H18F2N4O2/c23-22(24)9-11-28(21(29)16-12-26-20-15(16)5-3-10-25-20)13-18(22)30-19-8-7-14-4-1-2-6-17(14)27-19/h1-8,10,12,18H,9,11,13H2,(H,25,26)/t18-/m0/s1. The van der Waals surface area contributed by atoms with Crippen molar-refractivity contribution < 1.29 is 18.3 Å². The summed E-state index contributed by atoms with van der Waals surface area (Å²) in [4.78, 5) is 25.9. The molecule has 0 spiro atoms. The predicted molar refractivity (Wildman–Crippen MR) is 108 cm³/mol. The Morgan fingerprint density at radius 1 is 1.17 bits per heavy atom. The van der Waals surface area contributed by atoms with Gasteiger partial charge in [-0.25, -0.2) is 18.7 Å². The summed E-state index contributed by atoms with van der Waals surface area (Å²) in [5.41, 5.74) is 1.65. The highest BCUT2D eigenvalue weighted by molar-refractivity contribution is 6.05. The third-order valence-corrected chi connectivity index (χ3v) is 5.38. The second-order valence-corrected chi connectivity index (χ2v) is 7.31. The number of pyridine rings is 2. The maximum atomic E-state index is 14.6. The first-order valence-electron chi connectivity index (χ1n) is 9.63. The van der Waals surface area contributed by atoms with Crippen molar-refractivity contribution in [2.24, 2.45) is 0 Å². The molecule has 0 saturated carbocycles. The van der Waals surface area contributed by atoms with E-state index in [4.69, 9.17) is 4.74 Å². The number of ether oxygens (including phenoxy) is 1. The fraction of sp³-hybridized carbons (Fsp3) is 0.227. The van der Waals surface area contributed by atoms with Crippen LogP contribution in [0.15, 0.2) is 60.9 Å². The summed E-state index contributed by atoms with van der Waals surface area (Å²) in [6.07, 6.45) is 1.23. The van der Waals surface area contributed by atoms with Crippen LogP contribution in [0.25, 0.3) is 21.9 Å². The van der Waals surface area contributed by atoms with Gasteiger partial charge in [-0.2, -0.15) is 0 Å². The van der Waals surface area contributed by atoms with Crippen molar-refractivity contribution >= 4 is 27.8 Å². The number of piperidine rings is 1. The van der Waals surface area contributed by atoms with Crippen molar-refractivity contribution in [3.05, 3.63) is 66.5 Å². The van der Waals surface area contributed by atoms with Crippen molar-refractivity contribution in [3.8, 4) is 5.88 Å². The van der Waals surface area contributed by atoms with Crippen molar-refractivity contribution in [1.82, 2.24) is 19.9 Å². The number of hydrogen-bond donors (Lipinski definition) is 1. The zero-order chi connectivity index (χ0) is 20.7. The molecule has 0 bridgehead atoms. The molecule has 6 nitrogen and oxygen atoms in total. The van der Waals surface area contributed by atoms with E-state index in [1.165, 1.54) is 4.90 Å². The highest BCUT2D eigenvalue weighted by Crippen LogP contribution is 2.33. The van der Waals surface area contributed by atoms with Crippen LogP contribution < -0.4 is 4.74 Å². The van der Waals surface area contributed by atoms with E-state index >= 15 is 0 Å². The molecule has 1 aliphatic heterocycles. The molecule has 0 radical (unpaired) electrons. The Kier molecular flexibility index (Phi) is 4.34. The summed E-state index contributed by atoms with van der Waals surface area (Å²) < 4.78 is 34.8. The summed E-state index contributed by atoms with van der Waals surface area (Å²) >= 11 is 0. The molecule has 5 rings (SSSR count). The van der Waals surface area contributed by atoms with Gasteiger partial charge in [0.2, 0.25) is 5.88 Å². The number of rotatable bonds is 3. The van der Waals surface area contributed by atoms with Gasteiger partial charge in [0.15, 0.2) is 6.10 Å². The predicted octanol–water partition coefficient (Wildman–Crippen LogP) is 4.04. The van der Waals surface area contributed by atoms with Crippen molar-refractivity contribution in [3.63, 3.8) is 0 Å². The maximum Gasteiger partial charge on any atom is 0.287 e. The first-order valence-corrected chi connectivity index (χ1v) is 9.63. The lowest BCUT2D eigenvalue weighted by molar-refractivity contribution is -0.131. The highest BCUT2D eigenvalue weighted by Gasteiger charge is 2.47. The molecule has 30 heavy (non-hydrogen) atoms. The van der Waals surface area contributed by atoms with Gasteiger partial charge in [-0.05, 0) is 24.3 Å². The average Bonchev–Trinajstić information content (AvgIpc) is 3.19. The number of aromatic amines is 1. The summed E-state index contributed by atoms with van der Waals surface area (Å²) in [5.74, 6) is -3.28. The summed E-state index contributed by atoms with van der Waals surface area (Å²) in [5, 5.41) is 1.55. The van der Waals surface area contributed by atoms with Gasteiger partial charge in [0, 0.05) is 42.2 Å². The fourth-order valence-electron chi connectivity index (χ4n) is 3.74. The molecule has 3 aromatic heterocycles. The molecule has 8 heteroatoms. The maximum absolute atomic E-state index is 14.6. The van der Waals surface area contributed by atoms with Crippen LogP contribution in [-0.4, -0.2) is 50.9 Å². The number of alkyl halides is 2. The lowest BCUT2D eigenvalue weighted by atomic mass is 10.0. The fourth-order valence-corrected chi connectivity index (χ4v) is 3.74. The second kappa shape index (κ2) is 7.05. The molecule has 4 heterocycles. The van der Waals surface area contributed by atoms with Gasteiger partial charge >= 0.3 is 0 Å².